The highest BCUT2D eigenvalue weighted by Gasteiger charge is 2.61. The SMILES string of the molecule is C[C@H](NC(=O)COC(=O)[C@H](Cc1ccccc1)N1C(=O)[C@@H]2[C@H](C1=O)[C@H]1C=C[C@H]2C1)c1ccccc1. The van der Waals surface area contributed by atoms with Crippen molar-refractivity contribution < 1.29 is 23.9 Å². The summed E-state index contributed by atoms with van der Waals surface area (Å²) >= 11 is 0. The fourth-order valence-electron chi connectivity index (χ4n) is 5.69. The van der Waals surface area contributed by atoms with E-state index in [9.17, 15) is 19.2 Å². The molecular formula is C28H28N2O5. The van der Waals surface area contributed by atoms with Gasteiger partial charge in [0.2, 0.25) is 11.8 Å². The van der Waals surface area contributed by atoms with Crippen LogP contribution >= 0.6 is 0 Å². The van der Waals surface area contributed by atoms with Crippen molar-refractivity contribution in [3.05, 3.63) is 83.9 Å². The van der Waals surface area contributed by atoms with Crippen LogP contribution in [-0.2, 0) is 30.3 Å². The molecule has 7 heteroatoms. The molecule has 3 amide bonds. The number of fused-ring (bicyclic) bond motifs is 5. The molecule has 1 saturated heterocycles. The second kappa shape index (κ2) is 9.49. The Bertz CT molecular complexity index is 1130. The fraction of sp³-hybridized carbons (Fsp3) is 0.357. The minimum atomic E-state index is -1.11. The number of nitrogens with zero attached hydrogens (tertiary/aromatic N) is 1. The van der Waals surface area contributed by atoms with Crippen molar-refractivity contribution >= 4 is 23.7 Å². The van der Waals surface area contributed by atoms with Crippen molar-refractivity contribution in [1.29, 1.82) is 0 Å². The van der Waals surface area contributed by atoms with Crippen molar-refractivity contribution in [3.63, 3.8) is 0 Å². The van der Waals surface area contributed by atoms with Gasteiger partial charge in [0.25, 0.3) is 5.91 Å². The van der Waals surface area contributed by atoms with Crippen LogP contribution in [0.25, 0.3) is 0 Å². The molecule has 1 aliphatic heterocycles. The zero-order valence-electron chi connectivity index (χ0n) is 19.5. The van der Waals surface area contributed by atoms with Gasteiger partial charge in [-0.1, -0.05) is 72.8 Å². The molecule has 35 heavy (non-hydrogen) atoms. The number of esters is 1. The molecule has 180 valence electrons. The van der Waals surface area contributed by atoms with Crippen LogP contribution in [0.4, 0.5) is 0 Å². The number of nitrogens with one attached hydrogen (secondary N) is 1. The van der Waals surface area contributed by atoms with Gasteiger partial charge in [0.15, 0.2) is 6.61 Å². The number of carbonyl (C=O) groups excluding carboxylic acids is 4. The van der Waals surface area contributed by atoms with E-state index in [-0.39, 0.29) is 36.1 Å². The predicted octanol–water partition coefficient (Wildman–Crippen LogP) is 2.83. The van der Waals surface area contributed by atoms with Crippen LogP contribution in [-0.4, -0.2) is 41.2 Å². The quantitative estimate of drug-likeness (QED) is 0.362. The molecule has 2 bridgehead atoms. The molecule has 1 heterocycles. The third-order valence-electron chi connectivity index (χ3n) is 7.38. The van der Waals surface area contributed by atoms with E-state index in [0.717, 1.165) is 22.4 Å². The van der Waals surface area contributed by atoms with E-state index in [4.69, 9.17) is 4.74 Å². The summed E-state index contributed by atoms with van der Waals surface area (Å²) in [6, 6.07) is 17.3. The number of imide groups is 1. The Morgan fingerprint density at radius 2 is 1.51 bits per heavy atom. The van der Waals surface area contributed by atoms with Gasteiger partial charge < -0.3 is 10.1 Å². The van der Waals surface area contributed by atoms with Crippen molar-refractivity contribution in [2.24, 2.45) is 23.7 Å². The maximum Gasteiger partial charge on any atom is 0.330 e. The number of allylic oxidation sites excluding steroid dienone is 2. The average Bonchev–Trinajstić information content (AvgIpc) is 3.56. The Balaban J connectivity index is 1.29. The lowest BCUT2D eigenvalue weighted by Crippen LogP contribution is -2.49. The molecule has 0 radical (unpaired) electrons. The number of carbonyl (C=O) groups is 4. The lowest BCUT2D eigenvalue weighted by atomic mass is 9.85. The van der Waals surface area contributed by atoms with Gasteiger partial charge in [-0.15, -0.1) is 0 Å². The molecule has 7 nitrogen and oxygen atoms in total. The summed E-state index contributed by atoms with van der Waals surface area (Å²) in [6.45, 7) is 1.35. The molecule has 3 aliphatic rings. The van der Waals surface area contributed by atoms with Crippen molar-refractivity contribution in [1.82, 2.24) is 10.2 Å². The van der Waals surface area contributed by atoms with Gasteiger partial charge >= 0.3 is 5.97 Å². The number of amides is 3. The van der Waals surface area contributed by atoms with E-state index in [1.165, 1.54) is 0 Å². The number of likely N-dealkylation sites (tertiary alicyclic amines) is 1. The first-order valence-electron chi connectivity index (χ1n) is 12.0. The first kappa shape index (κ1) is 23.0. The largest absolute Gasteiger partial charge is 0.454 e. The van der Waals surface area contributed by atoms with Crippen LogP contribution in [0.5, 0.6) is 0 Å². The van der Waals surface area contributed by atoms with Crippen molar-refractivity contribution in [2.45, 2.75) is 31.8 Å². The summed E-state index contributed by atoms with van der Waals surface area (Å²) in [5.41, 5.74) is 1.73. The van der Waals surface area contributed by atoms with Crippen LogP contribution in [0.3, 0.4) is 0 Å². The first-order valence-corrected chi connectivity index (χ1v) is 12.0. The van der Waals surface area contributed by atoms with Gasteiger partial charge in [-0.3, -0.25) is 19.3 Å². The van der Waals surface area contributed by atoms with E-state index >= 15 is 0 Å². The van der Waals surface area contributed by atoms with Crippen LogP contribution in [0.1, 0.15) is 30.5 Å². The summed E-state index contributed by atoms with van der Waals surface area (Å²) in [5, 5.41) is 2.81. The molecule has 0 unspecified atom stereocenters. The fourth-order valence-corrected chi connectivity index (χ4v) is 5.69. The van der Waals surface area contributed by atoms with E-state index in [2.05, 4.69) is 5.32 Å². The maximum absolute atomic E-state index is 13.3. The molecule has 1 saturated carbocycles. The first-order chi connectivity index (χ1) is 16.9. The molecule has 0 spiro atoms. The van der Waals surface area contributed by atoms with E-state index in [0.29, 0.717) is 0 Å². The Labute approximate surface area is 204 Å². The van der Waals surface area contributed by atoms with Crippen LogP contribution in [0, 0.1) is 23.7 Å². The van der Waals surface area contributed by atoms with Gasteiger partial charge in [-0.2, -0.15) is 0 Å². The van der Waals surface area contributed by atoms with E-state index in [1.54, 1.807) is 0 Å². The van der Waals surface area contributed by atoms with Crippen LogP contribution < -0.4 is 5.32 Å². The third kappa shape index (κ3) is 4.38. The highest BCUT2D eigenvalue weighted by Crippen LogP contribution is 2.53. The second-order valence-corrected chi connectivity index (χ2v) is 9.56. The molecule has 2 aliphatic carbocycles. The third-order valence-corrected chi connectivity index (χ3v) is 7.38. The summed E-state index contributed by atoms with van der Waals surface area (Å²) in [6.07, 6.45) is 4.99. The van der Waals surface area contributed by atoms with E-state index in [1.807, 2.05) is 79.7 Å². The average molecular weight is 473 g/mol. The Kier molecular flexibility index (Phi) is 6.24. The Hall–Kier alpha value is -3.74. The zero-order valence-corrected chi connectivity index (χ0v) is 19.5. The minimum absolute atomic E-state index is 0.0464. The maximum atomic E-state index is 13.3. The lowest BCUT2D eigenvalue weighted by Gasteiger charge is -2.26. The summed E-state index contributed by atoms with van der Waals surface area (Å²) in [4.78, 5) is 53.5. The Morgan fingerprint density at radius 1 is 0.943 bits per heavy atom. The number of hydrogen-bond acceptors (Lipinski definition) is 5. The number of ether oxygens (including phenoxy) is 1. The number of rotatable bonds is 8. The van der Waals surface area contributed by atoms with Crippen LogP contribution in [0.15, 0.2) is 72.8 Å². The monoisotopic (exact) mass is 472 g/mol. The lowest BCUT2D eigenvalue weighted by molar-refractivity contribution is -0.160. The molecule has 2 fully saturated rings. The zero-order chi connectivity index (χ0) is 24.5. The van der Waals surface area contributed by atoms with Crippen molar-refractivity contribution in [2.75, 3.05) is 6.61 Å². The molecule has 6 atom stereocenters. The van der Waals surface area contributed by atoms with Gasteiger partial charge in [-0.05, 0) is 36.3 Å². The molecule has 2 aromatic rings. The number of benzene rings is 2. The Morgan fingerprint density at radius 3 is 2.11 bits per heavy atom. The predicted molar refractivity (Wildman–Crippen MR) is 127 cm³/mol. The molecule has 0 aromatic heterocycles. The summed E-state index contributed by atoms with van der Waals surface area (Å²) < 4.78 is 5.36. The van der Waals surface area contributed by atoms with Gasteiger partial charge in [-0.25, -0.2) is 4.79 Å². The smallest absolute Gasteiger partial charge is 0.330 e. The van der Waals surface area contributed by atoms with Crippen LogP contribution in [0.2, 0.25) is 0 Å². The number of hydrogen-bond donors (Lipinski definition) is 1. The van der Waals surface area contributed by atoms with Gasteiger partial charge in [0.05, 0.1) is 17.9 Å². The minimum Gasteiger partial charge on any atom is -0.454 e. The highest BCUT2D eigenvalue weighted by atomic mass is 16.5. The topological polar surface area (TPSA) is 92.8 Å². The molecule has 2 aromatic carbocycles. The highest BCUT2D eigenvalue weighted by molar-refractivity contribution is 6.09. The normalized spacial score (nSPS) is 25.9. The molecule has 5 rings (SSSR count). The standard InChI is InChI=1S/C28H28N2O5/c1-17(19-10-6-3-7-11-19)29-23(31)16-35-28(34)22(14-18-8-4-2-5-9-18)30-26(32)24-20-12-13-21(15-20)25(24)27(30)33/h2-13,17,20-22,24-25H,14-16H2,1H3,(H,29,31)/t17-,20-,21-,22-,24-,25+/m0/s1. The van der Waals surface area contributed by atoms with Gasteiger partial charge in [0, 0.05) is 6.42 Å². The molecular weight excluding hydrogens is 444 g/mol. The second-order valence-electron chi connectivity index (χ2n) is 9.56. The molecule has 1 N–H and O–H groups in total. The summed E-state index contributed by atoms with van der Waals surface area (Å²) in [5.74, 6) is -2.54. The summed E-state index contributed by atoms with van der Waals surface area (Å²) in [7, 11) is 0. The van der Waals surface area contributed by atoms with Crippen molar-refractivity contribution in [3.8, 4) is 0 Å². The van der Waals surface area contributed by atoms with Gasteiger partial charge in [0.1, 0.15) is 6.04 Å². The van der Waals surface area contributed by atoms with E-state index < -0.39 is 36.4 Å².